The third kappa shape index (κ3) is 6.81. The fourth-order valence-electron chi connectivity index (χ4n) is 5.99. The number of rotatable bonds is 12. The standard InChI is InChI=1S/C33H38N4O8/c1-14-20(7-9-28(40)41)24(34-22(14)11-26-30(18(5)38)16(3)32(44)36-26)13-25-21(8-10-29(42)43)15(2)23(35-25)12-27-31(19(6)39)17(4)33(45)37-27/h11-12,28,34-35,40-41H,7-10,13H2,1-6H3,(H,36,44)(H,37,45)(H,42,43)/b26-11-,27-12-. The molecule has 0 bridgehead atoms. The number of carboxylic acids is 1. The maximum atomic E-state index is 12.3. The molecule has 0 spiro atoms. The predicted octanol–water partition coefficient (Wildman–Crippen LogP) is 2.56. The molecule has 2 aliphatic heterocycles. The van der Waals surface area contributed by atoms with E-state index < -0.39 is 12.3 Å². The number of carboxylic acid groups (broad SMARTS) is 1. The van der Waals surface area contributed by atoms with Crippen molar-refractivity contribution in [3.8, 4) is 0 Å². The minimum atomic E-state index is -1.54. The van der Waals surface area contributed by atoms with Gasteiger partial charge in [0.25, 0.3) is 11.8 Å². The van der Waals surface area contributed by atoms with Crippen molar-refractivity contribution in [2.24, 2.45) is 0 Å². The number of Topliss-reactive ketones (excluding diaryl/α,β-unsaturated/α-hetero) is 2. The first-order valence-corrected chi connectivity index (χ1v) is 14.6. The van der Waals surface area contributed by atoms with E-state index in [4.69, 9.17) is 0 Å². The van der Waals surface area contributed by atoms with Crippen molar-refractivity contribution >= 4 is 41.5 Å². The summed E-state index contributed by atoms with van der Waals surface area (Å²) in [6.45, 7) is 9.63. The number of carbonyl (C=O) groups is 5. The highest BCUT2D eigenvalue weighted by atomic mass is 16.5. The Bertz CT molecular complexity index is 1760. The largest absolute Gasteiger partial charge is 0.481 e. The van der Waals surface area contributed by atoms with Gasteiger partial charge in [0.15, 0.2) is 17.9 Å². The molecular weight excluding hydrogens is 580 g/mol. The summed E-state index contributed by atoms with van der Waals surface area (Å²) >= 11 is 0. The van der Waals surface area contributed by atoms with Crippen LogP contribution >= 0.6 is 0 Å². The topological polar surface area (TPSA) is 202 Å². The average Bonchev–Trinajstić information content (AvgIpc) is 3.59. The molecule has 12 nitrogen and oxygen atoms in total. The number of aliphatic carboxylic acids is 1. The second kappa shape index (κ2) is 13.0. The van der Waals surface area contributed by atoms with Crippen molar-refractivity contribution in [2.75, 3.05) is 0 Å². The van der Waals surface area contributed by atoms with Crippen molar-refractivity contribution in [1.29, 1.82) is 0 Å². The molecule has 2 aromatic heterocycles. The Morgan fingerprint density at radius 2 is 1.16 bits per heavy atom. The van der Waals surface area contributed by atoms with Crippen LogP contribution in [-0.4, -0.2) is 60.9 Å². The molecule has 45 heavy (non-hydrogen) atoms. The maximum absolute atomic E-state index is 12.3. The third-order valence-corrected chi connectivity index (χ3v) is 8.36. The molecule has 0 radical (unpaired) electrons. The van der Waals surface area contributed by atoms with E-state index in [9.17, 15) is 39.3 Å². The number of allylic oxidation sites excluding steroid dienone is 2. The zero-order valence-electron chi connectivity index (χ0n) is 26.2. The molecular formula is C33H38N4O8. The molecule has 238 valence electrons. The van der Waals surface area contributed by atoms with E-state index in [0.29, 0.717) is 57.2 Å². The predicted molar refractivity (Wildman–Crippen MR) is 165 cm³/mol. The Morgan fingerprint density at radius 1 is 0.733 bits per heavy atom. The first kappa shape index (κ1) is 33.1. The first-order chi connectivity index (χ1) is 21.1. The van der Waals surface area contributed by atoms with Crippen LogP contribution in [0.1, 0.15) is 85.6 Å². The van der Waals surface area contributed by atoms with Gasteiger partial charge in [0.2, 0.25) is 0 Å². The van der Waals surface area contributed by atoms with E-state index >= 15 is 0 Å². The average molecular weight is 619 g/mol. The van der Waals surface area contributed by atoms with Crippen LogP contribution in [0.5, 0.6) is 0 Å². The van der Waals surface area contributed by atoms with E-state index in [0.717, 1.165) is 27.9 Å². The van der Waals surface area contributed by atoms with Crippen LogP contribution in [0.3, 0.4) is 0 Å². The second-order valence-electron chi connectivity index (χ2n) is 11.5. The number of nitrogens with one attached hydrogen (secondary N) is 4. The van der Waals surface area contributed by atoms with Crippen molar-refractivity contribution in [3.05, 3.63) is 78.7 Å². The number of aromatic nitrogens is 2. The van der Waals surface area contributed by atoms with Crippen molar-refractivity contribution < 1.29 is 39.3 Å². The zero-order chi connectivity index (χ0) is 33.3. The summed E-state index contributed by atoms with van der Waals surface area (Å²) in [6.07, 6.45) is 2.56. The number of H-pyrrole nitrogens is 2. The maximum Gasteiger partial charge on any atom is 0.303 e. The SMILES string of the molecule is CC(=O)C1=C(C)C(=O)N/C1=C\c1[nH]c(Cc2[nH]c(/C=C3\NC(=O)C(C)=C3C(C)=O)c(C)c2CCC(O)O)c(CCC(=O)O)c1C. The summed E-state index contributed by atoms with van der Waals surface area (Å²) < 4.78 is 0. The van der Waals surface area contributed by atoms with Gasteiger partial charge in [-0.25, -0.2) is 0 Å². The molecule has 2 aliphatic rings. The number of amides is 2. The normalized spacial score (nSPS) is 16.9. The Kier molecular flexibility index (Phi) is 9.59. The van der Waals surface area contributed by atoms with Crippen LogP contribution < -0.4 is 10.6 Å². The van der Waals surface area contributed by atoms with E-state index in [2.05, 4.69) is 20.6 Å². The number of hydrogen-bond acceptors (Lipinski definition) is 7. The second-order valence-corrected chi connectivity index (χ2v) is 11.5. The van der Waals surface area contributed by atoms with Crippen molar-refractivity contribution in [1.82, 2.24) is 20.6 Å². The molecule has 2 amide bonds. The summed E-state index contributed by atoms with van der Waals surface area (Å²) in [4.78, 5) is 67.6. The number of ketones is 2. The lowest BCUT2D eigenvalue weighted by molar-refractivity contribution is -0.137. The van der Waals surface area contributed by atoms with Crippen LogP contribution in [0, 0.1) is 13.8 Å². The number of aromatic amines is 2. The van der Waals surface area contributed by atoms with Gasteiger partial charge in [-0.1, -0.05) is 0 Å². The molecule has 4 rings (SSSR count). The Morgan fingerprint density at radius 3 is 1.53 bits per heavy atom. The van der Waals surface area contributed by atoms with E-state index in [1.165, 1.54) is 13.8 Å². The fourth-order valence-corrected chi connectivity index (χ4v) is 5.99. The van der Waals surface area contributed by atoms with Crippen molar-refractivity contribution in [3.63, 3.8) is 0 Å². The van der Waals surface area contributed by atoms with Gasteiger partial charge >= 0.3 is 5.97 Å². The smallest absolute Gasteiger partial charge is 0.303 e. The van der Waals surface area contributed by atoms with Gasteiger partial charge in [-0.2, -0.15) is 0 Å². The third-order valence-electron chi connectivity index (χ3n) is 8.36. The number of aliphatic hydroxyl groups is 2. The molecule has 0 fully saturated rings. The quantitative estimate of drug-likeness (QED) is 0.176. The zero-order valence-corrected chi connectivity index (χ0v) is 26.2. The molecule has 0 unspecified atom stereocenters. The number of aliphatic hydroxyl groups excluding tert-OH is 1. The molecule has 4 heterocycles. The summed E-state index contributed by atoms with van der Waals surface area (Å²) in [7, 11) is 0. The fraction of sp³-hybridized carbons (Fsp3) is 0.364. The lowest BCUT2D eigenvalue weighted by Gasteiger charge is -2.09. The highest BCUT2D eigenvalue weighted by molar-refractivity contribution is 6.14. The van der Waals surface area contributed by atoms with Crippen LogP contribution in [0.2, 0.25) is 0 Å². The summed E-state index contributed by atoms with van der Waals surface area (Å²) in [6, 6.07) is 0. The van der Waals surface area contributed by atoms with E-state index in [-0.39, 0.29) is 49.1 Å². The lowest BCUT2D eigenvalue weighted by atomic mass is 9.98. The molecule has 2 aromatic rings. The summed E-state index contributed by atoms with van der Waals surface area (Å²) in [5, 5.41) is 34.2. The van der Waals surface area contributed by atoms with Gasteiger partial charge in [-0.05, 0) is 88.8 Å². The van der Waals surface area contributed by atoms with E-state index in [1.54, 1.807) is 26.0 Å². The summed E-state index contributed by atoms with van der Waals surface area (Å²) in [5.41, 5.74) is 7.73. The van der Waals surface area contributed by atoms with Gasteiger partial charge in [-0.15, -0.1) is 0 Å². The highest BCUT2D eigenvalue weighted by Crippen LogP contribution is 2.32. The van der Waals surface area contributed by atoms with Crippen LogP contribution in [-0.2, 0) is 43.2 Å². The monoisotopic (exact) mass is 618 g/mol. The minimum absolute atomic E-state index is 0.0579. The molecule has 0 aromatic carbocycles. The van der Waals surface area contributed by atoms with Gasteiger partial charge in [0.1, 0.15) is 0 Å². The molecule has 0 saturated carbocycles. The molecule has 12 heteroatoms. The van der Waals surface area contributed by atoms with Gasteiger partial charge in [0.05, 0.1) is 11.4 Å². The Balaban J connectivity index is 1.82. The van der Waals surface area contributed by atoms with E-state index in [1.807, 2.05) is 13.8 Å². The van der Waals surface area contributed by atoms with Crippen LogP contribution in [0.15, 0.2) is 33.7 Å². The summed E-state index contributed by atoms with van der Waals surface area (Å²) in [5.74, 6) is -2.20. The highest BCUT2D eigenvalue weighted by Gasteiger charge is 2.29. The molecule has 0 atom stereocenters. The minimum Gasteiger partial charge on any atom is -0.481 e. The van der Waals surface area contributed by atoms with Gasteiger partial charge in [0, 0.05) is 64.3 Å². The van der Waals surface area contributed by atoms with Crippen LogP contribution in [0.25, 0.3) is 12.2 Å². The van der Waals surface area contributed by atoms with Crippen LogP contribution in [0.4, 0.5) is 0 Å². The van der Waals surface area contributed by atoms with Gasteiger partial charge < -0.3 is 35.9 Å². The number of hydrogen-bond donors (Lipinski definition) is 7. The Hall–Kier alpha value is -4.81. The molecule has 7 N–H and O–H groups in total. The van der Waals surface area contributed by atoms with Crippen molar-refractivity contribution in [2.45, 2.75) is 79.9 Å². The lowest BCUT2D eigenvalue weighted by Crippen LogP contribution is -2.16. The first-order valence-electron chi connectivity index (χ1n) is 14.6. The molecule has 0 aliphatic carbocycles. The molecule has 0 saturated heterocycles. The van der Waals surface area contributed by atoms with Gasteiger partial charge in [-0.3, -0.25) is 24.0 Å². The number of carbonyl (C=O) groups excluding carboxylic acids is 4. The Labute approximate surface area is 260 Å².